The number of hydrogen-bond donors (Lipinski definition) is 2. The first-order valence-corrected chi connectivity index (χ1v) is 11.2. The van der Waals surface area contributed by atoms with Gasteiger partial charge in [-0.3, -0.25) is 19.1 Å². The lowest BCUT2D eigenvalue weighted by Gasteiger charge is -2.40. The molecule has 0 aliphatic carbocycles. The molecule has 0 fully saturated rings. The number of rotatable bonds is 8. The highest BCUT2D eigenvalue weighted by atomic mass is 16.2. The molecule has 0 radical (unpaired) electrons. The summed E-state index contributed by atoms with van der Waals surface area (Å²) in [6, 6.07) is 9.54. The number of hydrogen-bond acceptors (Lipinski definition) is 4. The van der Waals surface area contributed by atoms with Gasteiger partial charge in [-0.1, -0.05) is 45.0 Å². The molecule has 3 amide bonds. The topological polar surface area (TPSA) is 96.3 Å². The normalized spacial score (nSPS) is 17.9. The van der Waals surface area contributed by atoms with Gasteiger partial charge < -0.3 is 15.5 Å². The third kappa shape index (κ3) is 4.84. The molecule has 1 unspecified atom stereocenters. The lowest BCUT2D eigenvalue weighted by atomic mass is 9.95. The quantitative estimate of drug-likeness (QED) is 0.660. The second-order valence-corrected chi connectivity index (χ2v) is 9.00. The van der Waals surface area contributed by atoms with Gasteiger partial charge in [0.2, 0.25) is 5.91 Å². The molecule has 2 N–H and O–H groups in total. The standard InChI is InChI=1S/C24H33N5O3/c1-6-17-7-9-18(10-8-17)14-26-21(30)19-13-20-22(31)28(5)24(4,15-29(20)27-19)23(32)25-12-11-16(2)3/h7-10,13,16H,6,11-12,14-15H2,1-5H3,(H,25,32)(H,26,30). The smallest absolute Gasteiger partial charge is 0.272 e. The van der Waals surface area contributed by atoms with Crippen molar-refractivity contribution in [1.29, 1.82) is 0 Å². The molecule has 172 valence electrons. The molecule has 1 aliphatic heterocycles. The summed E-state index contributed by atoms with van der Waals surface area (Å²) in [6.07, 6.45) is 1.82. The summed E-state index contributed by atoms with van der Waals surface area (Å²) in [5, 5.41) is 10.1. The Hall–Kier alpha value is -3.16. The van der Waals surface area contributed by atoms with Crippen LogP contribution in [-0.2, 0) is 24.3 Å². The predicted octanol–water partition coefficient (Wildman–Crippen LogP) is 2.38. The molecule has 0 bridgehead atoms. The maximum Gasteiger partial charge on any atom is 0.272 e. The summed E-state index contributed by atoms with van der Waals surface area (Å²) in [5.74, 6) is -0.446. The number of benzene rings is 1. The van der Waals surface area contributed by atoms with E-state index in [-0.39, 0.29) is 30.0 Å². The number of likely N-dealkylation sites (N-methyl/N-ethyl adjacent to an activating group) is 1. The second kappa shape index (κ2) is 9.54. The summed E-state index contributed by atoms with van der Waals surface area (Å²) in [7, 11) is 1.61. The van der Waals surface area contributed by atoms with Gasteiger partial charge in [0.1, 0.15) is 11.2 Å². The van der Waals surface area contributed by atoms with Crippen molar-refractivity contribution >= 4 is 17.7 Å². The number of fused-ring (bicyclic) bond motifs is 1. The van der Waals surface area contributed by atoms with E-state index >= 15 is 0 Å². The first-order chi connectivity index (χ1) is 15.2. The largest absolute Gasteiger partial charge is 0.354 e. The Morgan fingerprint density at radius 1 is 1.16 bits per heavy atom. The molecule has 3 rings (SSSR count). The van der Waals surface area contributed by atoms with Gasteiger partial charge in [-0.25, -0.2) is 0 Å². The highest BCUT2D eigenvalue weighted by Crippen LogP contribution is 2.26. The molecule has 32 heavy (non-hydrogen) atoms. The molecule has 8 nitrogen and oxygen atoms in total. The van der Waals surface area contributed by atoms with E-state index in [9.17, 15) is 14.4 Å². The van der Waals surface area contributed by atoms with Crippen LogP contribution in [0.1, 0.15) is 66.2 Å². The molecule has 0 saturated heterocycles. The lowest BCUT2D eigenvalue weighted by Crippen LogP contribution is -2.62. The zero-order valence-corrected chi connectivity index (χ0v) is 19.6. The van der Waals surface area contributed by atoms with Crippen molar-refractivity contribution in [2.45, 2.75) is 59.2 Å². The third-order valence-electron chi connectivity index (χ3n) is 6.11. The van der Waals surface area contributed by atoms with Crippen LogP contribution in [0.15, 0.2) is 30.3 Å². The van der Waals surface area contributed by atoms with Crippen LogP contribution >= 0.6 is 0 Å². The van der Waals surface area contributed by atoms with E-state index in [2.05, 4.69) is 36.5 Å². The van der Waals surface area contributed by atoms with Crippen LogP contribution in [0.3, 0.4) is 0 Å². The van der Waals surface area contributed by atoms with E-state index < -0.39 is 5.54 Å². The molecular formula is C24H33N5O3. The van der Waals surface area contributed by atoms with Crippen LogP contribution in [0.4, 0.5) is 0 Å². The molecule has 2 heterocycles. The van der Waals surface area contributed by atoms with Crippen LogP contribution < -0.4 is 10.6 Å². The summed E-state index contributed by atoms with van der Waals surface area (Å²) in [6.45, 7) is 9.10. The van der Waals surface area contributed by atoms with Gasteiger partial charge in [-0.2, -0.15) is 5.10 Å². The number of aryl methyl sites for hydroxylation is 1. The van der Waals surface area contributed by atoms with Gasteiger partial charge in [0.15, 0.2) is 5.69 Å². The Kier molecular flexibility index (Phi) is 7.01. The van der Waals surface area contributed by atoms with Crippen molar-refractivity contribution in [3.05, 3.63) is 52.8 Å². The van der Waals surface area contributed by atoms with E-state index in [4.69, 9.17) is 0 Å². The predicted molar refractivity (Wildman–Crippen MR) is 122 cm³/mol. The van der Waals surface area contributed by atoms with Crippen molar-refractivity contribution < 1.29 is 14.4 Å². The fourth-order valence-corrected chi connectivity index (χ4v) is 3.67. The van der Waals surface area contributed by atoms with E-state index in [1.165, 1.54) is 21.2 Å². The summed E-state index contributed by atoms with van der Waals surface area (Å²) in [4.78, 5) is 39.9. The number of nitrogens with one attached hydrogen (secondary N) is 2. The second-order valence-electron chi connectivity index (χ2n) is 9.00. The van der Waals surface area contributed by atoms with E-state index in [1.54, 1.807) is 14.0 Å². The molecule has 8 heteroatoms. The zero-order chi connectivity index (χ0) is 23.5. The van der Waals surface area contributed by atoms with Crippen molar-refractivity contribution in [3.63, 3.8) is 0 Å². The minimum Gasteiger partial charge on any atom is -0.354 e. The van der Waals surface area contributed by atoms with Crippen molar-refractivity contribution in [3.8, 4) is 0 Å². The Labute approximate surface area is 189 Å². The van der Waals surface area contributed by atoms with Gasteiger partial charge >= 0.3 is 0 Å². The summed E-state index contributed by atoms with van der Waals surface area (Å²) < 4.78 is 1.47. The summed E-state index contributed by atoms with van der Waals surface area (Å²) in [5.41, 5.74) is 1.61. The van der Waals surface area contributed by atoms with Crippen LogP contribution in [0.5, 0.6) is 0 Å². The maximum absolute atomic E-state index is 12.9. The minimum atomic E-state index is -1.08. The highest BCUT2D eigenvalue weighted by molar-refractivity contribution is 6.01. The maximum atomic E-state index is 12.9. The molecule has 1 atom stereocenters. The van der Waals surface area contributed by atoms with Crippen LogP contribution in [-0.4, -0.2) is 51.5 Å². The number of amides is 3. The Morgan fingerprint density at radius 2 is 1.81 bits per heavy atom. The van der Waals surface area contributed by atoms with Gasteiger partial charge in [0.25, 0.3) is 11.8 Å². The molecular weight excluding hydrogens is 406 g/mol. The number of carbonyl (C=O) groups is 3. The van der Waals surface area contributed by atoms with Gasteiger partial charge in [-0.15, -0.1) is 0 Å². The number of nitrogens with zero attached hydrogens (tertiary/aromatic N) is 3. The molecule has 0 saturated carbocycles. The van der Waals surface area contributed by atoms with Crippen LogP contribution in [0, 0.1) is 5.92 Å². The van der Waals surface area contributed by atoms with E-state index in [1.807, 2.05) is 24.3 Å². The minimum absolute atomic E-state index is 0.163. The SMILES string of the molecule is CCc1ccc(CNC(=O)c2cc3n(n2)CC(C)(C(=O)NCCC(C)C)N(C)C3=O)cc1. The lowest BCUT2D eigenvalue weighted by molar-refractivity contribution is -0.132. The monoisotopic (exact) mass is 439 g/mol. The molecule has 1 aliphatic rings. The van der Waals surface area contributed by atoms with Crippen LogP contribution in [0.25, 0.3) is 0 Å². The van der Waals surface area contributed by atoms with Crippen molar-refractivity contribution in [2.24, 2.45) is 5.92 Å². The highest BCUT2D eigenvalue weighted by Gasteiger charge is 2.46. The Morgan fingerprint density at radius 3 is 2.44 bits per heavy atom. The Balaban J connectivity index is 1.70. The first-order valence-electron chi connectivity index (χ1n) is 11.2. The van der Waals surface area contributed by atoms with E-state index in [0.717, 1.165) is 18.4 Å². The molecule has 0 spiro atoms. The van der Waals surface area contributed by atoms with Crippen molar-refractivity contribution in [1.82, 2.24) is 25.3 Å². The molecule has 1 aromatic heterocycles. The van der Waals surface area contributed by atoms with Gasteiger partial charge in [-0.05, 0) is 36.8 Å². The van der Waals surface area contributed by atoms with Crippen LogP contribution in [0.2, 0.25) is 0 Å². The number of carbonyl (C=O) groups excluding carboxylic acids is 3. The first kappa shape index (κ1) is 23.5. The van der Waals surface area contributed by atoms with Gasteiger partial charge in [0.05, 0.1) is 6.54 Å². The zero-order valence-electron chi connectivity index (χ0n) is 19.6. The Bertz CT molecular complexity index is 996. The molecule has 1 aromatic carbocycles. The average molecular weight is 440 g/mol. The number of aromatic nitrogens is 2. The summed E-state index contributed by atoms with van der Waals surface area (Å²) >= 11 is 0. The fourth-order valence-electron chi connectivity index (χ4n) is 3.67. The van der Waals surface area contributed by atoms with Gasteiger partial charge in [0, 0.05) is 26.2 Å². The van der Waals surface area contributed by atoms with Crippen molar-refractivity contribution in [2.75, 3.05) is 13.6 Å². The molecule has 2 aromatic rings. The van der Waals surface area contributed by atoms with E-state index in [0.29, 0.717) is 24.7 Å². The third-order valence-corrected chi connectivity index (χ3v) is 6.11. The average Bonchev–Trinajstić information content (AvgIpc) is 3.19. The fraction of sp³-hybridized carbons (Fsp3) is 0.500.